The van der Waals surface area contributed by atoms with Crippen molar-refractivity contribution in [2.24, 2.45) is 0 Å². The molecule has 0 aliphatic heterocycles. The van der Waals surface area contributed by atoms with Gasteiger partial charge in [-0.3, -0.25) is 10.1 Å². The second-order valence-electron chi connectivity index (χ2n) is 8.23. The normalized spacial score (nSPS) is 11.8. The standard InChI is InChI=1S/C26H29ClFN3O4/c1-31(24(33)13-12-18-9-6-11-22(28)25(18)27)21(10-4-5-14-32)17-35-26(34)30-23-15-19-7-2-3-8-20(19)16-29-23/h2-3,6-9,11,15-16,21,32H,4-5,10,12-14,17H2,1H3,(H,29,30,34)/t21-/m0/s1. The summed E-state index contributed by atoms with van der Waals surface area (Å²) in [5, 5.41) is 13.6. The molecule has 0 aliphatic carbocycles. The Balaban J connectivity index is 1.57. The molecule has 1 heterocycles. The molecule has 2 amide bonds. The minimum atomic E-state index is -0.674. The zero-order valence-electron chi connectivity index (χ0n) is 19.5. The van der Waals surface area contributed by atoms with Crippen molar-refractivity contribution < 1.29 is 23.8 Å². The second-order valence-corrected chi connectivity index (χ2v) is 8.61. The van der Waals surface area contributed by atoms with Crippen molar-refractivity contribution in [1.29, 1.82) is 0 Å². The van der Waals surface area contributed by atoms with Gasteiger partial charge in [0.2, 0.25) is 5.91 Å². The van der Waals surface area contributed by atoms with Crippen molar-refractivity contribution in [3.63, 3.8) is 0 Å². The molecule has 0 saturated heterocycles. The summed E-state index contributed by atoms with van der Waals surface area (Å²) in [7, 11) is 1.64. The fraction of sp³-hybridized carbons (Fsp3) is 0.346. The van der Waals surface area contributed by atoms with E-state index in [-0.39, 0.29) is 43.0 Å². The van der Waals surface area contributed by atoms with Crippen LogP contribution in [0, 0.1) is 5.82 Å². The van der Waals surface area contributed by atoms with E-state index in [1.165, 1.54) is 11.0 Å². The summed E-state index contributed by atoms with van der Waals surface area (Å²) < 4.78 is 19.1. The van der Waals surface area contributed by atoms with Crippen LogP contribution in [-0.4, -0.2) is 53.3 Å². The molecule has 0 unspecified atom stereocenters. The van der Waals surface area contributed by atoms with Crippen LogP contribution in [-0.2, 0) is 16.0 Å². The smallest absolute Gasteiger partial charge is 0.412 e. The number of benzene rings is 2. The zero-order chi connectivity index (χ0) is 25.2. The van der Waals surface area contributed by atoms with Crippen molar-refractivity contribution in [1.82, 2.24) is 9.88 Å². The number of nitrogens with one attached hydrogen (secondary N) is 1. The summed E-state index contributed by atoms with van der Waals surface area (Å²) in [6.07, 6.45) is 3.19. The molecule has 35 heavy (non-hydrogen) atoms. The lowest BCUT2D eigenvalue weighted by Crippen LogP contribution is -2.41. The van der Waals surface area contributed by atoms with E-state index in [1.807, 2.05) is 24.3 Å². The molecule has 0 radical (unpaired) electrons. The molecule has 7 nitrogen and oxygen atoms in total. The van der Waals surface area contributed by atoms with E-state index < -0.39 is 11.9 Å². The maximum absolute atomic E-state index is 13.7. The summed E-state index contributed by atoms with van der Waals surface area (Å²) in [5.74, 6) is -0.339. The lowest BCUT2D eigenvalue weighted by molar-refractivity contribution is -0.132. The van der Waals surface area contributed by atoms with Crippen LogP contribution in [0.1, 0.15) is 31.2 Å². The van der Waals surface area contributed by atoms with Gasteiger partial charge in [-0.1, -0.05) is 48.0 Å². The molecule has 0 bridgehead atoms. The summed E-state index contributed by atoms with van der Waals surface area (Å²) in [5.41, 5.74) is 0.559. The molecule has 0 aliphatic rings. The number of hydrogen-bond acceptors (Lipinski definition) is 5. The van der Waals surface area contributed by atoms with Crippen LogP contribution >= 0.6 is 11.6 Å². The summed E-state index contributed by atoms with van der Waals surface area (Å²) in [4.78, 5) is 31.0. The van der Waals surface area contributed by atoms with Crippen molar-refractivity contribution >= 4 is 40.2 Å². The monoisotopic (exact) mass is 501 g/mol. The van der Waals surface area contributed by atoms with Gasteiger partial charge in [0.25, 0.3) is 0 Å². The Bertz CT molecular complexity index is 1160. The highest BCUT2D eigenvalue weighted by molar-refractivity contribution is 6.31. The number of aliphatic hydroxyl groups is 1. The summed E-state index contributed by atoms with van der Waals surface area (Å²) in [6.45, 7) is 0.0191. The SMILES string of the molecule is CN(C(=O)CCc1cccc(F)c1Cl)[C@@H](CCCCO)COC(=O)Nc1cc2ccccc2cn1. The second kappa shape index (κ2) is 13.0. The molecule has 0 spiro atoms. The first-order valence-electron chi connectivity index (χ1n) is 11.5. The number of amides is 2. The van der Waals surface area contributed by atoms with E-state index >= 15 is 0 Å². The Morgan fingerprint density at radius 1 is 1.17 bits per heavy atom. The van der Waals surface area contributed by atoms with Crippen LogP contribution in [0.4, 0.5) is 15.0 Å². The highest BCUT2D eigenvalue weighted by atomic mass is 35.5. The van der Waals surface area contributed by atoms with Crippen molar-refractivity contribution in [2.45, 2.75) is 38.1 Å². The van der Waals surface area contributed by atoms with Gasteiger partial charge in [-0.15, -0.1) is 0 Å². The van der Waals surface area contributed by atoms with Gasteiger partial charge in [-0.25, -0.2) is 14.2 Å². The van der Waals surface area contributed by atoms with Crippen LogP contribution in [0.3, 0.4) is 0 Å². The number of ether oxygens (including phenoxy) is 1. The van der Waals surface area contributed by atoms with Crippen molar-refractivity contribution in [2.75, 3.05) is 25.6 Å². The Morgan fingerprint density at radius 2 is 1.94 bits per heavy atom. The van der Waals surface area contributed by atoms with Gasteiger partial charge in [0.1, 0.15) is 18.2 Å². The zero-order valence-corrected chi connectivity index (χ0v) is 20.3. The number of aryl methyl sites for hydroxylation is 1. The molecule has 186 valence electrons. The van der Waals surface area contributed by atoms with E-state index in [2.05, 4.69) is 10.3 Å². The van der Waals surface area contributed by atoms with E-state index in [0.29, 0.717) is 30.6 Å². The number of carbonyl (C=O) groups excluding carboxylic acids is 2. The number of nitrogens with zero attached hydrogens (tertiary/aromatic N) is 2. The van der Waals surface area contributed by atoms with Gasteiger partial charge >= 0.3 is 6.09 Å². The molecule has 0 saturated carbocycles. The third-order valence-electron chi connectivity index (χ3n) is 5.79. The van der Waals surface area contributed by atoms with Crippen LogP contribution in [0.2, 0.25) is 5.02 Å². The summed E-state index contributed by atoms with van der Waals surface area (Å²) in [6, 6.07) is 13.5. The topological polar surface area (TPSA) is 91.8 Å². The number of rotatable bonds is 11. The predicted molar refractivity (Wildman–Crippen MR) is 134 cm³/mol. The van der Waals surface area contributed by atoms with E-state index in [9.17, 15) is 14.0 Å². The van der Waals surface area contributed by atoms with Gasteiger partial charge in [-0.2, -0.15) is 0 Å². The average Bonchev–Trinajstić information content (AvgIpc) is 2.86. The lowest BCUT2D eigenvalue weighted by atomic mass is 10.1. The molecule has 3 aromatic rings. The molecule has 1 aromatic heterocycles. The fourth-order valence-corrected chi connectivity index (χ4v) is 3.93. The molecule has 0 fully saturated rings. The molecule has 9 heteroatoms. The highest BCUT2D eigenvalue weighted by Crippen LogP contribution is 2.22. The first kappa shape index (κ1) is 26.4. The Kier molecular flexibility index (Phi) is 9.81. The minimum Gasteiger partial charge on any atom is -0.447 e. The van der Waals surface area contributed by atoms with Crippen LogP contribution in [0.25, 0.3) is 10.8 Å². The first-order chi connectivity index (χ1) is 16.9. The molecule has 1 atom stereocenters. The number of unbranched alkanes of at least 4 members (excludes halogenated alkanes) is 1. The molecule has 2 N–H and O–H groups in total. The largest absolute Gasteiger partial charge is 0.447 e. The van der Waals surface area contributed by atoms with Gasteiger partial charge in [0.15, 0.2) is 0 Å². The number of hydrogen-bond donors (Lipinski definition) is 2. The number of aliphatic hydroxyl groups excluding tert-OH is 1. The number of halogens is 2. The Morgan fingerprint density at radius 3 is 2.71 bits per heavy atom. The molecular weight excluding hydrogens is 473 g/mol. The van der Waals surface area contributed by atoms with Gasteiger partial charge in [0, 0.05) is 31.7 Å². The van der Waals surface area contributed by atoms with E-state index in [1.54, 1.807) is 31.4 Å². The number of carbonyl (C=O) groups is 2. The number of pyridine rings is 1. The van der Waals surface area contributed by atoms with Crippen LogP contribution in [0.5, 0.6) is 0 Å². The van der Waals surface area contributed by atoms with E-state index in [0.717, 1.165) is 10.8 Å². The maximum atomic E-state index is 13.7. The van der Waals surface area contributed by atoms with Gasteiger partial charge in [0.05, 0.1) is 11.1 Å². The number of likely N-dealkylation sites (N-methyl/N-ethyl adjacent to an activating group) is 1. The number of aromatic nitrogens is 1. The third-order valence-corrected chi connectivity index (χ3v) is 6.22. The van der Waals surface area contributed by atoms with Crippen LogP contribution < -0.4 is 5.32 Å². The quantitative estimate of drug-likeness (QED) is 0.352. The number of anilines is 1. The van der Waals surface area contributed by atoms with Crippen molar-refractivity contribution in [3.8, 4) is 0 Å². The van der Waals surface area contributed by atoms with Crippen LogP contribution in [0.15, 0.2) is 54.7 Å². The Hall–Kier alpha value is -3.23. The van der Waals surface area contributed by atoms with Crippen molar-refractivity contribution in [3.05, 3.63) is 71.1 Å². The molecule has 2 aromatic carbocycles. The third kappa shape index (κ3) is 7.63. The van der Waals surface area contributed by atoms with E-state index in [4.69, 9.17) is 21.4 Å². The number of fused-ring (bicyclic) bond motifs is 1. The summed E-state index contributed by atoms with van der Waals surface area (Å²) >= 11 is 5.99. The predicted octanol–water partition coefficient (Wildman–Crippen LogP) is 5.20. The minimum absolute atomic E-state index is 0.0183. The Labute approximate surface area is 208 Å². The first-order valence-corrected chi connectivity index (χ1v) is 11.8. The average molecular weight is 502 g/mol. The fourth-order valence-electron chi connectivity index (χ4n) is 3.71. The lowest BCUT2D eigenvalue weighted by Gasteiger charge is -2.28. The van der Waals surface area contributed by atoms with Gasteiger partial charge in [-0.05, 0) is 48.8 Å². The van der Waals surface area contributed by atoms with Gasteiger partial charge < -0.3 is 14.7 Å². The highest BCUT2D eigenvalue weighted by Gasteiger charge is 2.22. The maximum Gasteiger partial charge on any atom is 0.412 e. The molecular formula is C26H29ClFN3O4. The molecule has 3 rings (SSSR count).